The summed E-state index contributed by atoms with van der Waals surface area (Å²) in [6.45, 7) is 4.28. The second kappa shape index (κ2) is 8.98. The molecule has 0 radical (unpaired) electrons. The van der Waals surface area contributed by atoms with E-state index in [0.29, 0.717) is 5.69 Å². The Balaban J connectivity index is 2.29. The van der Waals surface area contributed by atoms with E-state index in [1.165, 1.54) is 32.4 Å². The Morgan fingerprint density at radius 1 is 1.04 bits per heavy atom. The molecule has 1 amide bonds. The van der Waals surface area contributed by atoms with E-state index in [0.717, 1.165) is 11.1 Å². The van der Waals surface area contributed by atoms with Gasteiger partial charge in [-0.2, -0.15) is 0 Å². The van der Waals surface area contributed by atoms with Crippen molar-refractivity contribution in [1.29, 1.82) is 0 Å². The second-order valence-electron chi connectivity index (χ2n) is 6.01. The first-order chi connectivity index (χ1) is 12.8. The van der Waals surface area contributed by atoms with Crippen LogP contribution in [0.1, 0.15) is 21.5 Å². The predicted molar refractivity (Wildman–Crippen MR) is 104 cm³/mol. The zero-order valence-electron chi connectivity index (χ0n) is 15.8. The van der Waals surface area contributed by atoms with Gasteiger partial charge in [-0.05, 0) is 55.3 Å². The summed E-state index contributed by atoms with van der Waals surface area (Å²) in [5.74, 6) is -0.253. The first kappa shape index (κ1) is 20.9. The predicted octanol–water partition coefficient (Wildman–Crippen LogP) is 2.49. The third-order valence-corrected chi connectivity index (χ3v) is 5.56. The van der Waals surface area contributed by atoms with Crippen LogP contribution in [-0.4, -0.2) is 41.7 Å². The molecule has 0 spiro atoms. The Morgan fingerprint density at radius 3 is 2.41 bits per heavy atom. The minimum atomic E-state index is -3.85. The maximum atomic E-state index is 12.6. The molecule has 0 saturated carbocycles. The number of aryl methyl sites for hydroxylation is 2. The van der Waals surface area contributed by atoms with Crippen molar-refractivity contribution in [3.63, 3.8) is 0 Å². The average Bonchev–Trinajstić information content (AvgIpc) is 2.64. The first-order valence-electron chi connectivity index (χ1n) is 8.33. The Hall–Kier alpha value is -2.42. The topological polar surface area (TPSA) is 93.7 Å². The monoisotopic (exact) mass is 392 g/mol. The fraction of sp³-hybridized carbons (Fsp3) is 0.316. The number of hydrogen-bond acceptors (Lipinski definition) is 5. The van der Waals surface area contributed by atoms with E-state index in [-0.39, 0.29) is 29.4 Å². The van der Waals surface area contributed by atoms with Crippen LogP contribution in [0.15, 0.2) is 41.3 Å². The summed E-state index contributed by atoms with van der Waals surface area (Å²) in [4.78, 5) is 12.5. The molecule has 8 heteroatoms. The van der Waals surface area contributed by atoms with Crippen LogP contribution >= 0.6 is 0 Å². The third-order valence-electron chi connectivity index (χ3n) is 4.08. The molecule has 2 aromatic rings. The number of rotatable bonds is 8. The third kappa shape index (κ3) is 5.29. The highest BCUT2D eigenvalue weighted by atomic mass is 32.2. The number of amides is 1. The van der Waals surface area contributed by atoms with Crippen molar-refractivity contribution in [3.05, 3.63) is 53.1 Å². The van der Waals surface area contributed by atoms with E-state index in [4.69, 9.17) is 9.47 Å². The standard InChI is InChI=1S/C19H24N2O5S/c1-13-5-7-16(11-14(13)2)21-19(22)15-6-8-17(26-4)18(12-15)27(23,24)20-9-10-25-3/h5-8,11-12,20H,9-10H2,1-4H3,(H,21,22). The van der Waals surface area contributed by atoms with Crippen LogP contribution in [0, 0.1) is 13.8 Å². The maximum absolute atomic E-state index is 12.6. The minimum Gasteiger partial charge on any atom is -0.495 e. The molecule has 0 aliphatic carbocycles. The van der Waals surface area contributed by atoms with Crippen LogP contribution in [0.25, 0.3) is 0 Å². The van der Waals surface area contributed by atoms with Gasteiger partial charge in [0.25, 0.3) is 5.91 Å². The van der Waals surface area contributed by atoms with E-state index in [1.807, 2.05) is 26.0 Å². The number of nitrogens with one attached hydrogen (secondary N) is 2. The second-order valence-corrected chi connectivity index (χ2v) is 7.74. The van der Waals surface area contributed by atoms with Crippen LogP contribution in [0.5, 0.6) is 5.75 Å². The fourth-order valence-corrected chi connectivity index (χ4v) is 3.61. The van der Waals surface area contributed by atoms with Gasteiger partial charge in [0.2, 0.25) is 10.0 Å². The molecular formula is C19H24N2O5S. The molecule has 0 heterocycles. The summed E-state index contributed by atoms with van der Waals surface area (Å²) in [6.07, 6.45) is 0. The summed E-state index contributed by atoms with van der Waals surface area (Å²) < 4.78 is 37.5. The van der Waals surface area contributed by atoms with E-state index in [1.54, 1.807) is 6.07 Å². The van der Waals surface area contributed by atoms with E-state index in [9.17, 15) is 13.2 Å². The van der Waals surface area contributed by atoms with Gasteiger partial charge >= 0.3 is 0 Å². The van der Waals surface area contributed by atoms with Gasteiger partial charge in [0.15, 0.2) is 0 Å². The normalized spacial score (nSPS) is 11.3. The lowest BCUT2D eigenvalue weighted by Crippen LogP contribution is -2.28. The summed E-state index contributed by atoms with van der Waals surface area (Å²) in [7, 11) is -0.999. The summed E-state index contributed by atoms with van der Waals surface area (Å²) in [5.41, 5.74) is 3.02. The van der Waals surface area contributed by atoms with Crippen molar-refractivity contribution in [3.8, 4) is 5.75 Å². The highest BCUT2D eigenvalue weighted by molar-refractivity contribution is 7.89. The van der Waals surface area contributed by atoms with Gasteiger partial charge < -0.3 is 14.8 Å². The average molecular weight is 392 g/mol. The number of benzene rings is 2. The fourth-order valence-electron chi connectivity index (χ4n) is 2.41. The van der Waals surface area contributed by atoms with Crippen molar-refractivity contribution >= 4 is 21.6 Å². The van der Waals surface area contributed by atoms with Gasteiger partial charge in [-0.15, -0.1) is 0 Å². The molecule has 2 N–H and O–H groups in total. The van der Waals surface area contributed by atoms with Crippen LogP contribution in [0.4, 0.5) is 5.69 Å². The molecule has 146 valence electrons. The van der Waals surface area contributed by atoms with Crippen molar-refractivity contribution < 1.29 is 22.7 Å². The molecule has 0 aliphatic heterocycles. The number of anilines is 1. The van der Waals surface area contributed by atoms with E-state index < -0.39 is 15.9 Å². The quantitative estimate of drug-likeness (QED) is 0.673. The van der Waals surface area contributed by atoms with Gasteiger partial charge in [-0.25, -0.2) is 13.1 Å². The maximum Gasteiger partial charge on any atom is 0.255 e. The molecule has 2 aromatic carbocycles. The number of sulfonamides is 1. The van der Waals surface area contributed by atoms with Crippen LogP contribution in [-0.2, 0) is 14.8 Å². The van der Waals surface area contributed by atoms with Gasteiger partial charge in [0.1, 0.15) is 10.6 Å². The van der Waals surface area contributed by atoms with Gasteiger partial charge in [-0.3, -0.25) is 4.79 Å². The van der Waals surface area contributed by atoms with E-state index in [2.05, 4.69) is 10.0 Å². The van der Waals surface area contributed by atoms with Crippen molar-refractivity contribution in [2.45, 2.75) is 18.7 Å². The summed E-state index contributed by atoms with van der Waals surface area (Å²) >= 11 is 0. The molecule has 2 rings (SSSR count). The molecule has 7 nitrogen and oxygen atoms in total. The summed E-state index contributed by atoms with van der Waals surface area (Å²) in [5, 5.41) is 2.78. The molecule has 0 aliphatic rings. The minimum absolute atomic E-state index is 0.103. The Labute approximate surface area is 159 Å². The lowest BCUT2D eigenvalue weighted by Gasteiger charge is -2.13. The number of hydrogen-bond donors (Lipinski definition) is 2. The molecule has 0 saturated heterocycles. The lowest BCUT2D eigenvalue weighted by atomic mass is 10.1. The highest BCUT2D eigenvalue weighted by Crippen LogP contribution is 2.25. The Morgan fingerprint density at radius 2 is 1.78 bits per heavy atom. The van der Waals surface area contributed by atoms with Crippen molar-refractivity contribution in [2.24, 2.45) is 0 Å². The molecule has 0 bridgehead atoms. The van der Waals surface area contributed by atoms with Crippen LogP contribution in [0.2, 0.25) is 0 Å². The lowest BCUT2D eigenvalue weighted by molar-refractivity contribution is 0.102. The molecule has 0 fully saturated rings. The molecule has 0 unspecified atom stereocenters. The molecule has 27 heavy (non-hydrogen) atoms. The van der Waals surface area contributed by atoms with Crippen molar-refractivity contribution in [1.82, 2.24) is 4.72 Å². The molecule has 0 aromatic heterocycles. The number of carbonyl (C=O) groups excluding carboxylic acids is 1. The number of ether oxygens (including phenoxy) is 2. The molecular weight excluding hydrogens is 368 g/mol. The zero-order chi connectivity index (χ0) is 20.0. The highest BCUT2D eigenvalue weighted by Gasteiger charge is 2.21. The number of carbonyl (C=O) groups is 1. The molecule has 0 atom stereocenters. The SMILES string of the molecule is COCCNS(=O)(=O)c1cc(C(=O)Nc2ccc(C)c(C)c2)ccc1OC. The van der Waals surface area contributed by atoms with Crippen LogP contribution in [0.3, 0.4) is 0 Å². The summed E-state index contributed by atoms with van der Waals surface area (Å²) in [6, 6.07) is 9.84. The van der Waals surface area contributed by atoms with Crippen molar-refractivity contribution in [2.75, 3.05) is 32.7 Å². The first-order valence-corrected chi connectivity index (χ1v) is 9.82. The smallest absolute Gasteiger partial charge is 0.255 e. The van der Waals surface area contributed by atoms with Gasteiger partial charge in [-0.1, -0.05) is 6.07 Å². The number of methoxy groups -OCH3 is 2. The van der Waals surface area contributed by atoms with Crippen LogP contribution < -0.4 is 14.8 Å². The van der Waals surface area contributed by atoms with E-state index >= 15 is 0 Å². The zero-order valence-corrected chi connectivity index (χ0v) is 16.6. The van der Waals surface area contributed by atoms with Gasteiger partial charge in [0.05, 0.1) is 13.7 Å². The Bertz CT molecular complexity index is 926. The Kier molecular flexibility index (Phi) is 6.95. The van der Waals surface area contributed by atoms with Gasteiger partial charge in [0, 0.05) is 24.9 Å². The largest absolute Gasteiger partial charge is 0.495 e.